The molecule has 1 aliphatic rings. The number of esters is 1. The van der Waals surface area contributed by atoms with Gasteiger partial charge in [0.05, 0.1) is 0 Å². The molecule has 0 spiro atoms. The smallest absolute Gasteiger partial charge is 0.347 e. The fraction of sp³-hybridized carbons (Fsp3) is 0.909. The van der Waals surface area contributed by atoms with E-state index in [1.54, 1.807) is 20.8 Å². The minimum absolute atomic E-state index is 0.195. The van der Waals surface area contributed by atoms with Gasteiger partial charge in [0.1, 0.15) is 11.7 Å². The molecule has 0 N–H and O–H groups in total. The van der Waals surface area contributed by atoms with Gasteiger partial charge in [-0.1, -0.05) is 0 Å². The molecule has 1 fully saturated rings. The SMILES string of the molecule is COC1CCCC1(F)C(=O)OC(C)(C)C. The van der Waals surface area contributed by atoms with Crippen LogP contribution in [-0.4, -0.2) is 30.5 Å². The minimum atomic E-state index is -1.96. The second-order valence-electron chi connectivity index (χ2n) is 4.98. The van der Waals surface area contributed by atoms with Crippen LogP contribution in [0.1, 0.15) is 40.0 Å². The Morgan fingerprint density at radius 2 is 2.07 bits per heavy atom. The maximum Gasteiger partial charge on any atom is 0.347 e. The Balaban J connectivity index is 2.73. The summed E-state index contributed by atoms with van der Waals surface area (Å²) in [5, 5.41) is 0. The molecule has 0 aliphatic heterocycles. The highest BCUT2D eigenvalue weighted by atomic mass is 19.1. The molecular weight excluding hydrogens is 199 g/mol. The minimum Gasteiger partial charge on any atom is -0.458 e. The number of hydrogen-bond acceptors (Lipinski definition) is 3. The van der Waals surface area contributed by atoms with Crippen LogP contribution in [0.25, 0.3) is 0 Å². The lowest BCUT2D eigenvalue weighted by molar-refractivity contribution is -0.177. The van der Waals surface area contributed by atoms with Gasteiger partial charge in [0.25, 0.3) is 0 Å². The second-order valence-corrected chi connectivity index (χ2v) is 4.98. The van der Waals surface area contributed by atoms with Gasteiger partial charge < -0.3 is 9.47 Å². The van der Waals surface area contributed by atoms with Crippen molar-refractivity contribution in [1.29, 1.82) is 0 Å². The van der Waals surface area contributed by atoms with Crippen molar-refractivity contribution >= 4 is 5.97 Å². The predicted octanol–water partition coefficient (Wildman–Crippen LogP) is 2.24. The number of methoxy groups -OCH3 is 1. The van der Waals surface area contributed by atoms with Crippen LogP contribution in [0, 0.1) is 0 Å². The lowest BCUT2D eigenvalue weighted by atomic mass is 10.0. The van der Waals surface area contributed by atoms with Gasteiger partial charge in [-0.25, -0.2) is 9.18 Å². The molecule has 1 saturated carbocycles. The maximum atomic E-state index is 14.3. The normalized spacial score (nSPS) is 31.7. The predicted molar refractivity (Wildman–Crippen MR) is 54.3 cm³/mol. The molecular formula is C11H19FO3. The number of carbonyl (C=O) groups excluding carboxylic acids is 1. The fourth-order valence-corrected chi connectivity index (χ4v) is 1.84. The van der Waals surface area contributed by atoms with Crippen LogP contribution in [0.4, 0.5) is 4.39 Å². The van der Waals surface area contributed by atoms with E-state index >= 15 is 0 Å². The number of ether oxygens (including phenoxy) is 2. The average molecular weight is 218 g/mol. The third kappa shape index (κ3) is 2.68. The molecule has 15 heavy (non-hydrogen) atoms. The molecule has 2 unspecified atom stereocenters. The van der Waals surface area contributed by atoms with Crippen LogP contribution < -0.4 is 0 Å². The molecule has 3 nitrogen and oxygen atoms in total. The summed E-state index contributed by atoms with van der Waals surface area (Å²) in [6.45, 7) is 5.18. The average Bonchev–Trinajstić information content (AvgIpc) is 2.45. The summed E-state index contributed by atoms with van der Waals surface area (Å²) < 4.78 is 24.4. The van der Waals surface area contributed by atoms with Crippen LogP contribution in [-0.2, 0) is 14.3 Å². The Hall–Kier alpha value is -0.640. The van der Waals surface area contributed by atoms with Crippen LogP contribution in [0.3, 0.4) is 0 Å². The van der Waals surface area contributed by atoms with E-state index in [9.17, 15) is 9.18 Å². The lowest BCUT2D eigenvalue weighted by Crippen LogP contribution is -2.46. The van der Waals surface area contributed by atoms with Crippen LogP contribution in [0.15, 0.2) is 0 Å². The molecule has 0 aromatic heterocycles. The van der Waals surface area contributed by atoms with Gasteiger partial charge >= 0.3 is 5.97 Å². The Bertz CT molecular complexity index is 247. The monoisotopic (exact) mass is 218 g/mol. The standard InChI is InChI=1S/C11H19FO3/c1-10(2,3)15-9(13)11(12)7-5-6-8(11)14-4/h8H,5-7H2,1-4H3. The number of hydrogen-bond donors (Lipinski definition) is 0. The summed E-state index contributed by atoms with van der Waals surface area (Å²) in [5.74, 6) is -0.792. The van der Waals surface area contributed by atoms with Gasteiger partial charge in [-0.2, -0.15) is 0 Å². The summed E-state index contributed by atoms with van der Waals surface area (Å²) in [4.78, 5) is 11.7. The van der Waals surface area contributed by atoms with Crippen molar-refractivity contribution in [3.05, 3.63) is 0 Å². The van der Waals surface area contributed by atoms with E-state index in [0.717, 1.165) is 0 Å². The molecule has 1 aliphatic carbocycles. The van der Waals surface area contributed by atoms with E-state index < -0.39 is 23.3 Å². The molecule has 0 aromatic rings. The third-order valence-corrected chi connectivity index (χ3v) is 2.54. The van der Waals surface area contributed by atoms with Crippen molar-refractivity contribution in [3.63, 3.8) is 0 Å². The lowest BCUT2D eigenvalue weighted by Gasteiger charge is -2.28. The summed E-state index contributed by atoms with van der Waals surface area (Å²) in [5.41, 5.74) is -2.61. The van der Waals surface area contributed by atoms with E-state index in [1.165, 1.54) is 7.11 Å². The van der Waals surface area contributed by atoms with E-state index in [0.29, 0.717) is 12.8 Å². The highest BCUT2D eigenvalue weighted by Crippen LogP contribution is 2.37. The van der Waals surface area contributed by atoms with Crippen LogP contribution in [0.5, 0.6) is 0 Å². The summed E-state index contributed by atoms with van der Waals surface area (Å²) in [6, 6.07) is 0. The number of carbonyl (C=O) groups is 1. The molecule has 1 rings (SSSR count). The van der Waals surface area contributed by atoms with Crippen molar-refractivity contribution in [1.82, 2.24) is 0 Å². The largest absolute Gasteiger partial charge is 0.458 e. The molecule has 88 valence electrons. The highest BCUT2D eigenvalue weighted by Gasteiger charge is 2.52. The first kappa shape index (κ1) is 12.4. The number of alkyl halides is 1. The number of halogens is 1. The second kappa shape index (κ2) is 4.08. The molecule has 0 amide bonds. The molecule has 0 radical (unpaired) electrons. The first-order chi connectivity index (χ1) is 6.79. The zero-order chi connectivity index (χ0) is 11.7. The quantitative estimate of drug-likeness (QED) is 0.667. The molecule has 0 saturated heterocycles. The van der Waals surface area contributed by atoms with Gasteiger partial charge in [0.2, 0.25) is 5.67 Å². The topological polar surface area (TPSA) is 35.5 Å². The van der Waals surface area contributed by atoms with Gasteiger partial charge in [-0.3, -0.25) is 0 Å². The first-order valence-electron chi connectivity index (χ1n) is 5.25. The number of rotatable bonds is 2. The van der Waals surface area contributed by atoms with Crippen molar-refractivity contribution in [2.24, 2.45) is 0 Å². The summed E-state index contributed by atoms with van der Waals surface area (Å²) in [7, 11) is 1.43. The van der Waals surface area contributed by atoms with E-state index in [4.69, 9.17) is 9.47 Å². The Kier molecular flexibility index (Phi) is 3.38. The molecule has 0 heterocycles. The summed E-state index contributed by atoms with van der Waals surface area (Å²) >= 11 is 0. The zero-order valence-electron chi connectivity index (χ0n) is 9.80. The Morgan fingerprint density at radius 3 is 2.53 bits per heavy atom. The Morgan fingerprint density at radius 1 is 1.47 bits per heavy atom. The molecule has 0 aromatic carbocycles. The van der Waals surface area contributed by atoms with Crippen molar-refractivity contribution in [2.75, 3.05) is 7.11 Å². The first-order valence-corrected chi connectivity index (χ1v) is 5.25. The third-order valence-electron chi connectivity index (χ3n) is 2.54. The van der Waals surface area contributed by atoms with E-state index in [2.05, 4.69) is 0 Å². The highest BCUT2D eigenvalue weighted by molar-refractivity contribution is 5.81. The Labute approximate surface area is 89.9 Å². The van der Waals surface area contributed by atoms with E-state index in [-0.39, 0.29) is 6.42 Å². The fourth-order valence-electron chi connectivity index (χ4n) is 1.84. The van der Waals surface area contributed by atoms with Crippen LogP contribution >= 0.6 is 0 Å². The van der Waals surface area contributed by atoms with Gasteiger partial charge in [0.15, 0.2) is 0 Å². The van der Waals surface area contributed by atoms with Crippen LogP contribution in [0.2, 0.25) is 0 Å². The van der Waals surface area contributed by atoms with Crippen molar-refractivity contribution < 1.29 is 18.7 Å². The molecule has 2 atom stereocenters. The molecule has 0 bridgehead atoms. The zero-order valence-corrected chi connectivity index (χ0v) is 9.80. The summed E-state index contributed by atoms with van der Waals surface area (Å²) in [6.07, 6.45) is 0.772. The maximum absolute atomic E-state index is 14.3. The van der Waals surface area contributed by atoms with E-state index in [1.807, 2.05) is 0 Å². The van der Waals surface area contributed by atoms with Crippen molar-refractivity contribution in [2.45, 2.75) is 57.4 Å². The van der Waals surface area contributed by atoms with Gasteiger partial charge in [-0.15, -0.1) is 0 Å². The van der Waals surface area contributed by atoms with Crippen molar-refractivity contribution in [3.8, 4) is 0 Å². The van der Waals surface area contributed by atoms with Gasteiger partial charge in [0, 0.05) is 7.11 Å². The van der Waals surface area contributed by atoms with Gasteiger partial charge in [-0.05, 0) is 40.0 Å². The molecule has 4 heteroatoms.